The van der Waals surface area contributed by atoms with E-state index in [0.29, 0.717) is 22.1 Å². The zero-order valence-electron chi connectivity index (χ0n) is 16.2. The molecule has 29 heavy (non-hydrogen) atoms. The molecular weight excluding hydrogens is 406 g/mol. The molecule has 0 aliphatic heterocycles. The van der Waals surface area contributed by atoms with Crippen molar-refractivity contribution in [2.75, 3.05) is 11.9 Å². The first-order chi connectivity index (χ1) is 14.0. The van der Waals surface area contributed by atoms with E-state index < -0.39 is 11.6 Å². The van der Waals surface area contributed by atoms with E-state index in [1.807, 2.05) is 30.3 Å². The maximum absolute atomic E-state index is 13.1. The summed E-state index contributed by atoms with van der Waals surface area (Å²) in [4.78, 5) is 25.3. The lowest BCUT2D eigenvalue weighted by Crippen LogP contribution is -2.66. The van der Waals surface area contributed by atoms with Crippen LogP contribution in [0.25, 0.3) is 0 Å². The molecule has 2 atom stereocenters. The summed E-state index contributed by atoms with van der Waals surface area (Å²) >= 11 is 6.29. The zero-order chi connectivity index (χ0) is 20.7. The molecule has 0 radical (unpaired) electrons. The number of aromatic amines is 1. The van der Waals surface area contributed by atoms with Gasteiger partial charge in [0.15, 0.2) is 3.95 Å². The molecule has 1 saturated carbocycles. The monoisotopic (exact) mass is 433 g/mol. The van der Waals surface area contributed by atoms with E-state index in [4.69, 9.17) is 18.0 Å². The van der Waals surface area contributed by atoms with Gasteiger partial charge in [-0.25, -0.2) is 0 Å². The predicted octanol–water partition coefficient (Wildman–Crippen LogP) is 2.82. The van der Waals surface area contributed by atoms with Crippen molar-refractivity contribution in [1.29, 1.82) is 0 Å². The number of H-pyrrole nitrogens is 1. The van der Waals surface area contributed by atoms with Crippen LogP contribution < -0.4 is 16.4 Å². The van der Waals surface area contributed by atoms with Gasteiger partial charge in [-0.1, -0.05) is 60.9 Å². The Kier molecular flexibility index (Phi) is 7.51. The normalized spacial score (nSPS) is 17.8. The fourth-order valence-corrected chi connectivity index (χ4v) is 4.73. The number of amides is 1. The van der Waals surface area contributed by atoms with E-state index in [1.165, 1.54) is 11.3 Å². The van der Waals surface area contributed by atoms with Gasteiger partial charge in [0.25, 0.3) is 0 Å². The molecule has 3 rings (SSSR count). The molecule has 1 aromatic carbocycles. The van der Waals surface area contributed by atoms with Gasteiger partial charge in [-0.15, -0.1) is 5.10 Å². The summed E-state index contributed by atoms with van der Waals surface area (Å²) in [5, 5.41) is 13.2. The Morgan fingerprint density at radius 3 is 2.69 bits per heavy atom. The molecule has 1 aliphatic carbocycles. The fourth-order valence-electron chi connectivity index (χ4n) is 3.91. The quantitative estimate of drug-likeness (QED) is 0.357. The van der Waals surface area contributed by atoms with Crippen molar-refractivity contribution < 1.29 is 9.59 Å². The average Bonchev–Trinajstić information content (AvgIpc) is 3.17. The number of carbonyl (C=O) groups is 2. The van der Waals surface area contributed by atoms with Crippen LogP contribution in [-0.2, 0) is 16.0 Å². The van der Waals surface area contributed by atoms with Gasteiger partial charge in [0, 0.05) is 6.54 Å². The summed E-state index contributed by atoms with van der Waals surface area (Å²) in [5.41, 5.74) is 6.42. The lowest BCUT2D eigenvalue weighted by Gasteiger charge is -2.40. The highest BCUT2D eigenvalue weighted by atomic mass is 32.1. The molecule has 1 aromatic heterocycles. The number of benzene rings is 1. The summed E-state index contributed by atoms with van der Waals surface area (Å²) in [6.45, 7) is 0.455. The SMILES string of the molecule is NC(C=O)(C1CCCCC1)C(Nc1n[nH]c(=S)s1)C(=O)NCCc1ccccc1. The van der Waals surface area contributed by atoms with Crippen LogP contribution in [-0.4, -0.2) is 40.5 Å². The van der Waals surface area contributed by atoms with Crippen LogP contribution in [0.2, 0.25) is 0 Å². The molecule has 0 spiro atoms. The first-order valence-electron chi connectivity index (χ1n) is 9.92. The molecule has 1 aliphatic rings. The number of aldehydes is 1. The average molecular weight is 434 g/mol. The van der Waals surface area contributed by atoms with Crippen molar-refractivity contribution in [3.05, 3.63) is 39.8 Å². The number of hydrogen-bond acceptors (Lipinski definition) is 7. The standard InChI is InChI=1S/C20H27N5O2S2/c21-20(13-26,15-9-5-2-6-10-15)16(23-18-24-25-19(28)29-18)17(27)22-12-11-14-7-3-1-4-8-14/h1,3-4,7-8,13,15-16H,2,5-6,9-12,21H2,(H,22,27)(H,23,24)(H,25,28). The van der Waals surface area contributed by atoms with Crippen LogP contribution in [0.15, 0.2) is 30.3 Å². The van der Waals surface area contributed by atoms with Gasteiger partial charge in [0.05, 0.1) is 0 Å². The van der Waals surface area contributed by atoms with E-state index in [9.17, 15) is 9.59 Å². The number of nitrogens with two attached hydrogens (primary N) is 1. The van der Waals surface area contributed by atoms with Gasteiger partial charge >= 0.3 is 0 Å². The molecule has 0 bridgehead atoms. The summed E-state index contributed by atoms with van der Waals surface area (Å²) in [7, 11) is 0. The Morgan fingerprint density at radius 1 is 1.34 bits per heavy atom. The molecule has 1 fully saturated rings. The van der Waals surface area contributed by atoms with Crippen LogP contribution in [0.3, 0.4) is 0 Å². The molecule has 5 N–H and O–H groups in total. The summed E-state index contributed by atoms with van der Waals surface area (Å²) in [6, 6.07) is 8.99. The maximum Gasteiger partial charge on any atom is 0.244 e. The molecule has 2 aromatic rings. The van der Waals surface area contributed by atoms with Gasteiger partial charge < -0.3 is 21.2 Å². The van der Waals surface area contributed by atoms with Gasteiger partial charge in [-0.05, 0) is 43.0 Å². The van der Waals surface area contributed by atoms with Crippen molar-refractivity contribution in [1.82, 2.24) is 15.5 Å². The second-order valence-corrected chi connectivity index (χ2v) is 9.14. The largest absolute Gasteiger partial charge is 0.354 e. The van der Waals surface area contributed by atoms with Gasteiger partial charge in [-0.2, -0.15) is 0 Å². The lowest BCUT2D eigenvalue weighted by atomic mass is 9.71. The van der Waals surface area contributed by atoms with Gasteiger partial charge in [-0.3, -0.25) is 9.89 Å². The second-order valence-electron chi connectivity index (χ2n) is 7.48. The van der Waals surface area contributed by atoms with Gasteiger partial charge in [0.2, 0.25) is 11.0 Å². The molecule has 7 nitrogen and oxygen atoms in total. The van der Waals surface area contributed by atoms with Crippen molar-refractivity contribution in [3.8, 4) is 0 Å². The maximum atomic E-state index is 13.1. The molecule has 0 saturated heterocycles. The minimum atomic E-state index is -1.31. The Morgan fingerprint density at radius 2 is 2.07 bits per heavy atom. The number of nitrogens with zero attached hydrogens (tertiary/aromatic N) is 1. The Balaban J connectivity index is 1.76. The third-order valence-corrected chi connectivity index (χ3v) is 6.56. The summed E-state index contributed by atoms with van der Waals surface area (Å²) < 4.78 is 0.488. The van der Waals surface area contributed by atoms with E-state index >= 15 is 0 Å². The minimum absolute atomic E-state index is 0.0574. The third-order valence-electron chi connectivity index (χ3n) is 5.54. The highest BCUT2D eigenvalue weighted by Crippen LogP contribution is 2.33. The summed E-state index contributed by atoms with van der Waals surface area (Å²) in [5.74, 6) is -0.361. The van der Waals surface area contributed by atoms with Crippen LogP contribution in [0, 0.1) is 9.87 Å². The number of hydrogen-bond donors (Lipinski definition) is 4. The smallest absolute Gasteiger partial charge is 0.244 e. The number of nitrogens with one attached hydrogen (secondary N) is 3. The lowest BCUT2D eigenvalue weighted by molar-refractivity contribution is -0.127. The van der Waals surface area contributed by atoms with Crippen molar-refractivity contribution in [2.24, 2.45) is 11.7 Å². The van der Waals surface area contributed by atoms with E-state index in [0.717, 1.165) is 44.0 Å². The molecule has 2 unspecified atom stereocenters. The highest BCUT2D eigenvalue weighted by Gasteiger charge is 2.46. The van der Waals surface area contributed by atoms with Crippen LogP contribution in [0.5, 0.6) is 0 Å². The fraction of sp³-hybridized carbons (Fsp3) is 0.500. The van der Waals surface area contributed by atoms with E-state index in [-0.39, 0.29) is 11.8 Å². The number of anilines is 1. The first-order valence-corrected chi connectivity index (χ1v) is 11.1. The highest BCUT2D eigenvalue weighted by molar-refractivity contribution is 7.73. The molecule has 1 heterocycles. The van der Waals surface area contributed by atoms with Gasteiger partial charge in [0.1, 0.15) is 17.9 Å². The Hall–Kier alpha value is -2.10. The Labute approximate surface area is 179 Å². The van der Waals surface area contributed by atoms with Crippen LogP contribution in [0.4, 0.5) is 5.13 Å². The number of carbonyl (C=O) groups excluding carboxylic acids is 2. The van der Waals surface area contributed by atoms with Crippen LogP contribution >= 0.6 is 23.6 Å². The van der Waals surface area contributed by atoms with Crippen LogP contribution in [0.1, 0.15) is 37.7 Å². The molecule has 156 valence electrons. The predicted molar refractivity (Wildman–Crippen MR) is 117 cm³/mol. The topological polar surface area (TPSA) is 113 Å². The molecule has 9 heteroatoms. The van der Waals surface area contributed by atoms with E-state index in [2.05, 4.69) is 20.8 Å². The zero-order valence-corrected chi connectivity index (χ0v) is 17.9. The first kappa shape index (κ1) is 21.6. The minimum Gasteiger partial charge on any atom is -0.354 e. The number of aromatic nitrogens is 2. The third kappa shape index (κ3) is 5.49. The number of rotatable bonds is 9. The van der Waals surface area contributed by atoms with E-state index in [1.54, 1.807) is 0 Å². The molecular formula is C20H27N5O2S2. The van der Waals surface area contributed by atoms with Crippen molar-refractivity contribution in [2.45, 2.75) is 50.1 Å². The summed E-state index contributed by atoms with van der Waals surface area (Å²) in [6.07, 6.45) is 6.27. The second kappa shape index (κ2) is 10.1. The van der Waals surface area contributed by atoms with Crippen molar-refractivity contribution >= 4 is 40.9 Å². The Bertz CT molecular complexity index is 863. The molecule has 1 amide bonds. The van der Waals surface area contributed by atoms with Crippen molar-refractivity contribution in [3.63, 3.8) is 0 Å².